The van der Waals surface area contributed by atoms with E-state index in [1.54, 1.807) is 11.0 Å². The van der Waals surface area contributed by atoms with Crippen molar-refractivity contribution in [1.82, 2.24) is 24.5 Å². The Balaban J connectivity index is 1.84. The number of carbonyl (C=O) groups is 1. The number of aryl methyl sites for hydroxylation is 2. The number of carboxylic acids is 1. The van der Waals surface area contributed by atoms with Gasteiger partial charge in [0.25, 0.3) is 0 Å². The van der Waals surface area contributed by atoms with Crippen molar-refractivity contribution in [1.29, 1.82) is 0 Å². The van der Waals surface area contributed by atoms with Crippen LogP contribution in [0.3, 0.4) is 0 Å². The number of aliphatic carboxylic acids is 1. The van der Waals surface area contributed by atoms with Crippen molar-refractivity contribution in [3.8, 4) is 0 Å². The zero-order valence-corrected chi connectivity index (χ0v) is 11.6. The first kappa shape index (κ1) is 14.2. The molecule has 0 atom stereocenters. The first-order valence-electron chi connectivity index (χ1n) is 6.79. The van der Waals surface area contributed by atoms with Gasteiger partial charge in [-0.2, -0.15) is 0 Å². The Morgan fingerprint density at radius 1 is 1.40 bits per heavy atom. The summed E-state index contributed by atoms with van der Waals surface area (Å²) in [5.74, 6) is -0.749. The van der Waals surface area contributed by atoms with Gasteiger partial charge in [0, 0.05) is 19.2 Å². The summed E-state index contributed by atoms with van der Waals surface area (Å²) in [7, 11) is 0. The third-order valence-corrected chi connectivity index (χ3v) is 3.12. The Morgan fingerprint density at radius 3 is 3.00 bits per heavy atom. The van der Waals surface area contributed by atoms with Gasteiger partial charge in [0.15, 0.2) is 0 Å². The van der Waals surface area contributed by atoms with Gasteiger partial charge in [0.05, 0.1) is 30.5 Å². The highest BCUT2D eigenvalue weighted by molar-refractivity contribution is 5.66. The van der Waals surface area contributed by atoms with Crippen LogP contribution in [0.15, 0.2) is 18.7 Å². The predicted octanol–water partition coefficient (Wildman–Crippen LogP) is 1.34. The summed E-state index contributed by atoms with van der Waals surface area (Å²) in [6, 6.07) is 0. The van der Waals surface area contributed by atoms with Gasteiger partial charge in [-0.25, -0.2) is 9.67 Å². The molecule has 7 heteroatoms. The number of hydrogen-bond donors (Lipinski definition) is 1. The van der Waals surface area contributed by atoms with Gasteiger partial charge >= 0.3 is 5.97 Å². The van der Waals surface area contributed by atoms with E-state index in [9.17, 15) is 4.79 Å². The molecule has 2 heterocycles. The first-order chi connectivity index (χ1) is 9.69. The summed E-state index contributed by atoms with van der Waals surface area (Å²) in [6.07, 6.45) is 8.01. The summed E-state index contributed by atoms with van der Waals surface area (Å²) in [4.78, 5) is 14.5. The molecule has 7 nitrogen and oxygen atoms in total. The summed E-state index contributed by atoms with van der Waals surface area (Å²) in [5.41, 5.74) is 1.99. The highest BCUT2D eigenvalue weighted by Gasteiger charge is 2.05. The molecule has 1 N–H and O–H groups in total. The molecule has 2 aromatic rings. The van der Waals surface area contributed by atoms with E-state index in [-0.39, 0.29) is 6.42 Å². The van der Waals surface area contributed by atoms with Crippen molar-refractivity contribution < 1.29 is 9.90 Å². The number of rotatable bonds is 8. The van der Waals surface area contributed by atoms with Crippen molar-refractivity contribution >= 4 is 5.97 Å². The maximum absolute atomic E-state index is 10.4. The van der Waals surface area contributed by atoms with Gasteiger partial charge in [0.1, 0.15) is 0 Å². The molecule has 0 radical (unpaired) electrons. The van der Waals surface area contributed by atoms with Crippen LogP contribution in [0, 0.1) is 0 Å². The van der Waals surface area contributed by atoms with Crippen LogP contribution < -0.4 is 0 Å². The molecule has 2 aromatic heterocycles. The lowest BCUT2D eigenvalue weighted by molar-refractivity contribution is -0.137. The van der Waals surface area contributed by atoms with Crippen LogP contribution >= 0.6 is 0 Å². The minimum absolute atomic E-state index is 0.212. The highest BCUT2D eigenvalue weighted by atomic mass is 16.4. The minimum Gasteiger partial charge on any atom is -0.481 e. The lowest BCUT2D eigenvalue weighted by atomic mass is 10.1. The fourth-order valence-corrected chi connectivity index (χ4v) is 2.04. The summed E-state index contributed by atoms with van der Waals surface area (Å²) < 4.78 is 3.85. The van der Waals surface area contributed by atoms with Gasteiger partial charge in [-0.15, -0.1) is 5.10 Å². The monoisotopic (exact) mass is 277 g/mol. The fraction of sp³-hybridized carbons (Fsp3) is 0.538. The molecule has 108 valence electrons. The fourth-order valence-electron chi connectivity index (χ4n) is 2.04. The average Bonchev–Trinajstić information content (AvgIpc) is 3.04. The van der Waals surface area contributed by atoms with Crippen LogP contribution in [0.25, 0.3) is 0 Å². The number of unbranched alkanes of at least 4 members (excludes halogenated alkanes) is 1. The second kappa shape index (κ2) is 6.83. The van der Waals surface area contributed by atoms with E-state index in [0.29, 0.717) is 13.0 Å². The van der Waals surface area contributed by atoms with Gasteiger partial charge in [0.2, 0.25) is 0 Å². The zero-order valence-electron chi connectivity index (χ0n) is 11.6. The van der Waals surface area contributed by atoms with Gasteiger partial charge in [-0.05, 0) is 26.2 Å². The standard InChI is InChI=1S/C13H19N5O2/c1-2-17-10-14-7-12(17)9-18-8-11(15-16-18)5-3-4-6-13(19)20/h7-8,10H,2-6,9H2,1H3,(H,19,20). The molecule has 0 unspecified atom stereocenters. The molecule has 0 aliphatic carbocycles. The van der Waals surface area contributed by atoms with Gasteiger partial charge in [-0.1, -0.05) is 5.21 Å². The Labute approximate surface area is 117 Å². The lowest BCUT2D eigenvalue weighted by Gasteiger charge is -2.03. The topological polar surface area (TPSA) is 85.8 Å². The Bertz CT molecular complexity index is 561. The molecule has 0 aliphatic rings. The summed E-state index contributed by atoms with van der Waals surface area (Å²) in [6.45, 7) is 3.60. The Morgan fingerprint density at radius 2 is 2.25 bits per heavy atom. The molecular weight excluding hydrogens is 258 g/mol. The van der Waals surface area contributed by atoms with Crippen molar-refractivity contribution in [3.05, 3.63) is 30.1 Å². The number of carboxylic acid groups (broad SMARTS) is 1. The van der Waals surface area contributed by atoms with Crippen LogP contribution in [0.4, 0.5) is 0 Å². The summed E-state index contributed by atoms with van der Waals surface area (Å²) in [5, 5.41) is 16.8. The molecule has 20 heavy (non-hydrogen) atoms. The van der Waals surface area contributed by atoms with E-state index in [0.717, 1.165) is 30.8 Å². The van der Waals surface area contributed by atoms with Crippen LogP contribution in [-0.2, 0) is 24.3 Å². The molecule has 0 spiro atoms. The van der Waals surface area contributed by atoms with Crippen LogP contribution in [-0.4, -0.2) is 35.6 Å². The first-order valence-corrected chi connectivity index (χ1v) is 6.79. The van der Waals surface area contributed by atoms with Crippen molar-refractivity contribution in [2.75, 3.05) is 0 Å². The van der Waals surface area contributed by atoms with Crippen LogP contribution in [0.5, 0.6) is 0 Å². The molecule has 0 fully saturated rings. The van der Waals surface area contributed by atoms with E-state index in [2.05, 4.69) is 26.8 Å². The number of hydrogen-bond acceptors (Lipinski definition) is 4. The molecule has 0 aromatic carbocycles. The number of imidazole rings is 1. The molecule has 2 rings (SSSR count). The smallest absolute Gasteiger partial charge is 0.303 e. The van der Waals surface area contributed by atoms with E-state index >= 15 is 0 Å². The second-order valence-corrected chi connectivity index (χ2v) is 4.68. The van der Waals surface area contributed by atoms with Crippen LogP contribution in [0.1, 0.15) is 37.6 Å². The van der Waals surface area contributed by atoms with E-state index in [4.69, 9.17) is 5.11 Å². The van der Waals surface area contributed by atoms with E-state index in [1.807, 2.05) is 12.4 Å². The van der Waals surface area contributed by atoms with E-state index in [1.165, 1.54) is 0 Å². The maximum atomic E-state index is 10.4. The molecular formula is C13H19N5O2. The minimum atomic E-state index is -0.749. The van der Waals surface area contributed by atoms with Crippen molar-refractivity contribution in [2.45, 2.75) is 45.7 Å². The van der Waals surface area contributed by atoms with Crippen LogP contribution in [0.2, 0.25) is 0 Å². The predicted molar refractivity (Wildman–Crippen MR) is 72.2 cm³/mol. The second-order valence-electron chi connectivity index (χ2n) is 4.68. The lowest BCUT2D eigenvalue weighted by Crippen LogP contribution is -2.06. The molecule has 0 aliphatic heterocycles. The number of aromatic nitrogens is 5. The molecule has 0 amide bonds. The third-order valence-electron chi connectivity index (χ3n) is 3.12. The van der Waals surface area contributed by atoms with E-state index < -0.39 is 5.97 Å². The SMILES string of the molecule is CCn1cncc1Cn1cc(CCCCC(=O)O)nn1. The largest absolute Gasteiger partial charge is 0.481 e. The molecule has 0 saturated heterocycles. The highest BCUT2D eigenvalue weighted by Crippen LogP contribution is 2.06. The normalized spacial score (nSPS) is 10.8. The Kier molecular flexibility index (Phi) is 4.86. The average molecular weight is 277 g/mol. The number of nitrogens with zero attached hydrogens (tertiary/aromatic N) is 5. The zero-order chi connectivity index (χ0) is 14.4. The maximum Gasteiger partial charge on any atom is 0.303 e. The third kappa shape index (κ3) is 3.91. The molecule has 0 saturated carbocycles. The van der Waals surface area contributed by atoms with Crippen molar-refractivity contribution in [3.63, 3.8) is 0 Å². The van der Waals surface area contributed by atoms with Crippen molar-refractivity contribution in [2.24, 2.45) is 0 Å². The van der Waals surface area contributed by atoms with Gasteiger partial charge in [-0.3, -0.25) is 4.79 Å². The van der Waals surface area contributed by atoms with Gasteiger partial charge < -0.3 is 9.67 Å². The quantitative estimate of drug-likeness (QED) is 0.736. The Hall–Kier alpha value is -2.18. The molecule has 0 bridgehead atoms. The summed E-state index contributed by atoms with van der Waals surface area (Å²) >= 11 is 0.